The number of ketones is 2. The fraction of sp³-hybridized carbons (Fsp3) is 0.357. The fourth-order valence-electron chi connectivity index (χ4n) is 1.26. The average molecular weight is 512 g/mol. The molecule has 0 unspecified atom stereocenters. The lowest BCUT2D eigenvalue weighted by Gasteiger charge is -2.02. The minimum Gasteiger partial charge on any atom is -0.375 e. The highest BCUT2D eigenvalue weighted by Gasteiger charge is 2.12. The van der Waals surface area contributed by atoms with Crippen molar-refractivity contribution < 1.29 is 14.4 Å². The molecule has 3 N–H and O–H groups in total. The van der Waals surface area contributed by atoms with Gasteiger partial charge in [-0.1, -0.05) is 45.7 Å². The average Bonchev–Trinajstić information content (AvgIpc) is 3.23. The van der Waals surface area contributed by atoms with Crippen molar-refractivity contribution in [1.82, 2.24) is 9.97 Å². The van der Waals surface area contributed by atoms with Crippen molar-refractivity contribution in [3.05, 3.63) is 22.1 Å². The molecule has 1 amide bonds. The van der Waals surface area contributed by atoms with Gasteiger partial charge in [-0.05, 0) is 0 Å². The van der Waals surface area contributed by atoms with Gasteiger partial charge in [-0.15, -0.1) is 22.7 Å². The lowest BCUT2D eigenvalue weighted by Crippen LogP contribution is -2.17. The Labute approximate surface area is 169 Å². The number of carbonyl (C=O) groups is 3. The standard InChI is InChI=1S/C9H11BrN2O2S.C5H5BrN2OS/c1-5(2)8(14)12-9-11-6(4-15-9)7(13)3-10;6-1-4(9)3-2-10-5(7)8-3/h4-5H,3H2,1-2H3,(H,11,12,14);2H,1H2,(H2,7,8). The third kappa shape index (κ3) is 7.30. The number of alkyl halides is 2. The number of amides is 1. The SMILES string of the molecule is CC(C)C(=O)Nc1nc(C(=O)CBr)cs1.Nc1nc(C(=O)CBr)cs1. The van der Waals surface area contributed by atoms with Crippen LogP contribution in [0.3, 0.4) is 0 Å². The lowest BCUT2D eigenvalue weighted by atomic mass is 10.2. The zero-order valence-electron chi connectivity index (χ0n) is 13.4. The Bertz CT molecular complexity index is 746. The smallest absolute Gasteiger partial charge is 0.228 e. The van der Waals surface area contributed by atoms with Crippen molar-refractivity contribution in [2.75, 3.05) is 21.7 Å². The quantitative estimate of drug-likeness (QED) is 0.452. The van der Waals surface area contributed by atoms with Crippen LogP contribution >= 0.6 is 54.5 Å². The van der Waals surface area contributed by atoms with Crippen LogP contribution in [-0.4, -0.2) is 38.1 Å². The normalized spacial score (nSPS) is 10.1. The Kier molecular flexibility index (Phi) is 9.39. The van der Waals surface area contributed by atoms with Crippen molar-refractivity contribution in [2.45, 2.75) is 13.8 Å². The number of thiazole rings is 2. The highest BCUT2D eigenvalue weighted by molar-refractivity contribution is 9.09. The van der Waals surface area contributed by atoms with E-state index in [-0.39, 0.29) is 28.7 Å². The summed E-state index contributed by atoms with van der Waals surface area (Å²) in [7, 11) is 0. The molecule has 2 aromatic rings. The minimum absolute atomic E-state index is 0.0343. The number of hydrogen-bond donors (Lipinski definition) is 2. The zero-order valence-corrected chi connectivity index (χ0v) is 18.2. The van der Waals surface area contributed by atoms with Gasteiger partial charge in [0, 0.05) is 16.7 Å². The highest BCUT2D eigenvalue weighted by Crippen LogP contribution is 2.17. The predicted octanol–water partition coefficient (Wildman–Crippen LogP) is 3.62. The molecule has 136 valence electrons. The summed E-state index contributed by atoms with van der Waals surface area (Å²) in [4.78, 5) is 41.2. The summed E-state index contributed by atoms with van der Waals surface area (Å²) >= 11 is 8.62. The van der Waals surface area contributed by atoms with Crippen molar-refractivity contribution in [1.29, 1.82) is 0 Å². The number of halogens is 2. The summed E-state index contributed by atoms with van der Waals surface area (Å²) in [5, 5.41) is 7.38. The number of Topliss-reactive ketones (excluding diaryl/α,β-unsaturated/α-hetero) is 2. The zero-order chi connectivity index (χ0) is 19.0. The molecule has 11 heteroatoms. The molecule has 0 saturated heterocycles. The van der Waals surface area contributed by atoms with Crippen LogP contribution in [0.15, 0.2) is 10.8 Å². The van der Waals surface area contributed by atoms with Gasteiger partial charge in [0.05, 0.1) is 10.7 Å². The first-order valence-corrected chi connectivity index (χ1v) is 10.9. The molecular weight excluding hydrogens is 496 g/mol. The number of nitrogens with two attached hydrogens (primary N) is 1. The van der Waals surface area contributed by atoms with E-state index in [4.69, 9.17) is 5.73 Å². The molecule has 2 rings (SSSR count). The van der Waals surface area contributed by atoms with Gasteiger partial charge in [-0.3, -0.25) is 14.4 Å². The molecule has 0 aliphatic heterocycles. The van der Waals surface area contributed by atoms with Crippen LogP contribution in [0.4, 0.5) is 10.3 Å². The van der Waals surface area contributed by atoms with Crippen LogP contribution in [0.2, 0.25) is 0 Å². The molecule has 0 fully saturated rings. The van der Waals surface area contributed by atoms with E-state index < -0.39 is 0 Å². The number of rotatable bonds is 6. The number of carbonyl (C=O) groups excluding carboxylic acids is 3. The van der Waals surface area contributed by atoms with Crippen molar-refractivity contribution >= 4 is 82.3 Å². The molecule has 2 heterocycles. The van der Waals surface area contributed by atoms with Crippen LogP contribution < -0.4 is 11.1 Å². The second kappa shape index (κ2) is 10.7. The van der Waals surface area contributed by atoms with Crippen LogP contribution in [-0.2, 0) is 4.79 Å². The number of aromatic nitrogens is 2. The molecule has 0 atom stereocenters. The minimum atomic E-state index is -0.0952. The van der Waals surface area contributed by atoms with Gasteiger partial charge in [-0.2, -0.15) is 0 Å². The van der Waals surface area contributed by atoms with E-state index in [2.05, 4.69) is 47.1 Å². The maximum Gasteiger partial charge on any atom is 0.228 e. The number of nitrogens with zero attached hydrogens (tertiary/aromatic N) is 2. The molecule has 0 radical (unpaired) electrons. The topological polar surface area (TPSA) is 115 Å². The van der Waals surface area contributed by atoms with E-state index in [0.717, 1.165) is 0 Å². The molecule has 0 aromatic carbocycles. The summed E-state index contributed by atoms with van der Waals surface area (Å²) in [6.07, 6.45) is 0. The van der Waals surface area contributed by atoms with Gasteiger partial charge >= 0.3 is 0 Å². The van der Waals surface area contributed by atoms with Gasteiger partial charge in [-0.25, -0.2) is 9.97 Å². The monoisotopic (exact) mass is 510 g/mol. The summed E-state index contributed by atoms with van der Waals surface area (Å²) in [6, 6.07) is 0. The van der Waals surface area contributed by atoms with Crippen LogP contribution in [0.1, 0.15) is 34.8 Å². The Balaban J connectivity index is 0.000000271. The molecule has 0 aliphatic rings. The van der Waals surface area contributed by atoms with Crippen LogP contribution in [0, 0.1) is 5.92 Å². The maximum absolute atomic E-state index is 11.3. The first-order valence-electron chi connectivity index (χ1n) is 6.94. The maximum atomic E-state index is 11.3. The van der Waals surface area contributed by atoms with Crippen molar-refractivity contribution in [3.8, 4) is 0 Å². The molecule has 0 bridgehead atoms. The van der Waals surface area contributed by atoms with E-state index in [1.54, 1.807) is 24.6 Å². The summed E-state index contributed by atoms with van der Waals surface area (Å²) in [5.74, 6) is -0.310. The second-order valence-corrected chi connectivity index (χ2v) is 7.74. The lowest BCUT2D eigenvalue weighted by molar-refractivity contribution is -0.118. The number of hydrogen-bond acceptors (Lipinski definition) is 8. The largest absolute Gasteiger partial charge is 0.375 e. The van der Waals surface area contributed by atoms with E-state index in [1.807, 2.05) is 0 Å². The molecule has 25 heavy (non-hydrogen) atoms. The Hall–Kier alpha value is -1.17. The Morgan fingerprint density at radius 2 is 1.60 bits per heavy atom. The van der Waals surface area contributed by atoms with Gasteiger partial charge in [0.2, 0.25) is 5.91 Å². The summed E-state index contributed by atoms with van der Waals surface area (Å²) in [5.41, 5.74) is 6.14. The van der Waals surface area contributed by atoms with E-state index >= 15 is 0 Å². The van der Waals surface area contributed by atoms with Gasteiger partial charge in [0.1, 0.15) is 11.4 Å². The number of anilines is 2. The molecule has 0 saturated carbocycles. The molecule has 7 nitrogen and oxygen atoms in total. The third-order valence-corrected chi connectivity index (χ3v) is 5.04. The molecular formula is C14H16Br2N4O3S2. The van der Waals surface area contributed by atoms with E-state index in [1.165, 1.54) is 22.7 Å². The second-order valence-electron chi connectivity index (χ2n) is 4.87. The van der Waals surface area contributed by atoms with Gasteiger partial charge < -0.3 is 11.1 Å². The van der Waals surface area contributed by atoms with Crippen molar-refractivity contribution in [2.24, 2.45) is 5.92 Å². The fourth-order valence-corrected chi connectivity index (χ4v) is 3.12. The van der Waals surface area contributed by atoms with Crippen molar-refractivity contribution in [3.63, 3.8) is 0 Å². The third-order valence-electron chi connectivity index (χ3n) is 2.59. The highest BCUT2D eigenvalue weighted by atomic mass is 79.9. The Morgan fingerprint density at radius 1 is 1.08 bits per heavy atom. The first-order chi connectivity index (χ1) is 11.8. The first kappa shape index (κ1) is 21.9. The Morgan fingerprint density at radius 3 is 2.04 bits per heavy atom. The molecule has 2 aromatic heterocycles. The predicted molar refractivity (Wildman–Crippen MR) is 108 cm³/mol. The molecule has 0 aliphatic carbocycles. The summed E-state index contributed by atoms with van der Waals surface area (Å²) < 4.78 is 0. The van der Waals surface area contributed by atoms with E-state index in [9.17, 15) is 14.4 Å². The van der Waals surface area contributed by atoms with Gasteiger partial charge in [0.15, 0.2) is 21.8 Å². The number of nitrogens with one attached hydrogen (secondary N) is 1. The van der Waals surface area contributed by atoms with E-state index in [0.29, 0.717) is 27.0 Å². The van der Waals surface area contributed by atoms with Crippen LogP contribution in [0.5, 0.6) is 0 Å². The van der Waals surface area contributed by atoms with Gasteiger partial charge in [0.25, 0.3) is 0 Å². The summed E-state index contributed by atoms with van der Waals surface area (Å²) in [6.45, 7) is 3.60. The number of nitrogen functional groups attached to an aromatic ring is 1. The van der Waals surface area contributed by atoms with Crippen LogP contribution in [0.25, 0.3) is 0 Å². The molecule has 0 spiro atoms.